The number of carbonyl (C=O) groups excluding carboxylic acids is 1. The number of nitrogens with one attached hydrogen (secondary N) is 1. The number of aryl methyl sites for hydroxylation is 2. The number of benzene rings is 2. The van der Waals surface area contributed by atoms with E-state index in [9.17, 15) is 4.79 Å². The average molecular weight is 436 g/mol. The molecule has 0 saturated heterocycles. The molecule has 0 fully saturated rings. The number of nitrogens with zero attached hydrogens (tertiary/aromatic N) is 2. The average Bonchev–Trinajstić information content (AvgIpc) is 3.35. The summed E-state index contributed by atoms with van der Waals surface area (Å²) in [5, 5.41) is 7.85. The van der Waals surface area contributed by atoms with E-state index < -0.39 is 0 Å². The first-order chi connectivity index (χ1) is 15.0. The molecule has 0 aliphatic carbocycles. The molecule has 6 nitrogen and oxygen atoms in total. The molecule has 0 spiro atoms. The smallest absolute Gasteiger partial charge is 0.249 e. The van der Waals surface area contributed by atoms with Crippen molar-refractivity contribution >= 4 is 29.6 Å². The van der Waals surface area contributed by atoms with E-state index in [1.165, 1.54) is 11.6 Å². The molecule has 1 aromatic heterocycles. The SMILES string of the molecule is COc1ccc(/C=C\C(=O)Nc2c3c(nn2-c2ccc(C)cc2C)CSC3)cc1OC. The molecule has 7 heteroatoms. The highest BCUT2D eigenvalue weighted by atomic mass is 32.2. The monoisotopic (exact) mass is 435 g/mol. The predicted octanol–water partition coefficient (Wildman–Crippen LogP) is 4.91. The molecule has 0 atom stereocenters. The van der Waals surface area contributed by atoms with Crippen LogP contribution in [0.3, 0.4) is 0 Å². The molecule has 2 aromatic carbocycles. The molecule has 0 bridgehead atoms. The van der Waals surface area contributed by atoms with E-state index in [4.69, 9.17) is 14.6 Å². The Bertz CT molecular complexity index is 1170. The maximum absolute atomic E-state index is 12.8. The van der Waals surface area contributed by atoms with Gasteiger partial charge in [-0.25, -0.2) is 4.68 Å². The number of hydrogen-bond donors (Lipinski definition) is 1. The van der Waals surface area contributed by atoms with Gasteiger partial charge in [0.05, 0.1) is 25.6 Å². The van der Waals surface area contributed by atoms with Gasteiger partial charge in [0.15, 0.2) is 11.5 Å². The molecule has 4 rings (SSSR count). The van der Waals surface area contributed by atoms with Crippen molar-refractivity contribution in [1.82, 2.24) is 9.78 Å². The van der Waals surface area contributed by atoms with E-state index >= 15 is 0 Å². The van der Waals surface area contributed by atoms with Crippen molar-refractivity contribution in [3.63, 3.8) is 0 Å². The Morgan fingerprint density at radius 3 is 2.65 bits per heavy atom. The lowest BCUT2D eigenvalue weighted by atomic mass is 10.1. The zero-order valence-electron chi connectivity index (χ0n) is 18.1. The number of thioether (sulfide) groups is 1. The van der Waals surface area contributed by atoms with Crippen LogP contribution in [0.1, 0.15) is 27.9 Å². The summed E-state index contributed by atoms with van der Waals surface area (Å²) in [6, 6.07) is 11.8. The third kappa shape index (κ3) is 4.32. The quantitative estimate of drug-likeness (QED) is 0.558. The second-order valence-electron chi connectivity index (χ2n) is 7.41. The van der Waals surface area contributed by atoms with E-state index in [2.05, 4.69) is 37.4 Å². The zero-order chi connectivity index (χ0) is 22.0. The van der Waals surface area contributed by atoms with E-state index in [1.54, 1.807) is 20.3 Å². The highest BCUT2D eigenvalue weighted by molar-refractivity contribution is 7.98. The van der Waals surface area contributed by atoms with Gasteiger partial charge in [-0.2, -0.15) is 16.9 Å². The van der Waals surface area contributed by atoms with Crippen LogP contribution < -0.4 is 14.8 Å². The van der Waals surface area contributed by atoms with Crippen LogP contribution in [0.15, 0.2) is 42.5 Å². The normalized spacial score (nSPS) is 12.8. The molecular weight excluding hydrogens is 410 g/mol. The Balaban J connectivity index is 1.61. The number of amides is 1. The second kappa shape index (κ2) is 8.89. The minimum Gasteiger partial charge on any atom is -0.493 e. The number of fused-ring (bicyclic) bond motifs is 1. The standard InChI is InChI=1S/C24H25N3O3S/c1-15-5-8-20(16(2)11-15)27-24(18-13-31-14-19(18)26-27)25-23(28)10-7-17-6-9-21(29-3)22(12-17)30-4/h5-12H,13-14H2,1-4H3,(H,25,28)/b10-7-. The number of carbonyl (C=O) groups is 1. The summed E-state index contributed by atoms with van der Waals surface area (Å²) in [7, 11) is 3.18. The molecule has 0 radical (unpaired) electrons. The number of rotatable bonds is 6. The Labute approximate surface area is 186 Å². The van der Waals surface area contributed by atoms with Gasteiger partial charge in [0.25, 0.3) is 0 Å². The number of hydrogen-bond acceptors (Lipinski definition) is 5. The fraction of sp³-hybridized carbons (Fsp3) is 0.250. The lowest BCUT2D eigenvalue weighted by Gasteiger charge is -2.12. The van der Waals surface area contributed by atoms with E-state index in [0.29, 0.717) is 11.5 Å². The number of aromatic nitrogens is 2. The fourth-order valence-corrected chi connectivity index (χ4v) is 4.68. The lowest BCUT2D eigenvalue weighted by molar-refractivity contribution is -0.111. The van der Waals surface area contributed by atoms with Crippen LogP contribution in [0.25, 0.3) is 11.8 Å². The maximum atomic E-state index is 12.8. The minimum atomic E-state index is -0.208. The van der Waals surface area contributed by atoms with Crippen LogP contribution in [0.2, 0.25) is 0 Å². The summed E-state index contributed by atoms with van der Waals surface area (Å²) in [5.41, 5.74) is 6.26. The third-order valence-corrected chi connectivity index (χ3v) is 6.18. The van der Waals surface area contributed by atoms with Gasteiger partial charge in [-0.05, 0) is 49.2 Å². The van der Waals surface area contributed by atoms with Gasteiger partial charge in [0.2, 0.25) is 5.91 Å². The molecule has 0 unspecified atom stereocenters. The van der Waals surface area contributed by atoms with Crippen LogP contribution in [0.5, 0.6) is 11.5 Å². The Kier molecular flexibility index (Phi) is 6.04. The van der Waals surface area contributed by atoms with E-state index in [-0.39, 0.29) is 5.91 Å². The van der Waals surface area contributed by atoms with Crippen molar-refractivity contribution < 1.29 is 14.3 Å². The Morgan fingerprint density at radius 2 is 1.90 bits per heavy atom. The molecule has 1 amide bonds. The summed E-state index contributed by atoms with van der Waals surface area (Å²) in [6.07, 6.45) is 3.28. The van der Waals surface area contributed by atoms with Crippen LogP contribution in [-0.2, 0) is 16.3 Å². The Hall–Kier alpha value is -3.19. The lowest BCUT2D eigenvalue weighted by Crippen LogP contribution is -2.14. The van der Waals surface area contributed by atoms with Crippen molar-refractivity contribution in [2.45, 2.75) is 25.4 Å². The summed E-state index contributed by atoms with van der Waals surface area (Å²) < 4.78 is 12.5. The fourth-order valence-electron chi connectivity index (χ4n) is 3.65. The van der Waals surface area contributed by atoms with Crippen molar-refractivity contribution in [3.8, 4) is 17.2 Å². The first-order valence-electron chi connectivity index (χ1n) is 9.97. The molecule has 1 aliphatic rings. The van der Waals surface area contributed by atoms with Crippen molar-refractivity contribution in [2.75, 3.05) is 19.5 Å². The van der Waals surface area contributed by atoms with E-state index in [1.807, 2.05) is 34.6 Å². The highest BCUT2D eigenvalue weighted by Crippen LogP contribution is 2.36. The molecule has 1 N–H and O–H groups in total. The van der Waals surface area contributed by atoms with Gasteiger partial charge in [0, 0.05) is 23.1 Å². The van der Waals surface area contributed by atoms with Crippen molar-refractivity contribution in [2.24, 2.45) is 0 Å². The van der Waals surface area contributed by atoms with Crippen LogP contribution >= 0.6 is 11.8 Å². The zero-order valence-corrected chi connectivity index (χ0v) is 18.9. The largest absolute Gasteiger partial charge is 0.493 e. The van der Waals surface area contributed by atoms with Crippen LogP contribution in [0.4, 0.5) is 5.82 Å². The predicted molar refractivity (Wildman–Crippen MR) is 125 cm³/mol. The van der Waals surface area contributed by atoms with E-state index in [0.717, 1.165) is 45.4 Å². The Morgan fingerprint density at radius 1 is 1.10 bits per heavy atom. The minimum absolute atomic E-state index is 0.208. The topological polar surface area (TPSA) is 65.4 Å². The maximum Gasteiger partial charge on any atom is 0.249 e. The first kappa shape index (κ1) is 21.1. The number of anilines is 1. The highest BCUT2D eigenvalue weighted by Gasteiger charge is 2.24. The number of ether oxygens (including phenoxy) is 2. The molecule has 160 valence electrons. The number of methoxy groups -OCH3 is 2. The second-order valence-corrected chi connectivity index (χ2v) is 8.39. The van der Waals surface area contributed by atoms with Gasteiger partial charge in [0.1, 0.15) is 5.82 Å². The van der Waals surface area contributed by atoms with Crippen molar-refractivity contribution in [1.29, 1.82) is 0 Å². The van der Waals surface area contributed by atoms with Crippen LogP contribution in [0, 0.1) is 13.8 Å². The molecule has 2 heterocycles. The van der Waals surface area contributed by atoms with Crippen LogP contribution in [-0.4, -0.2) is 29.9 Å². The van der Waals surface area contributed by atoms with Gasteiger partial charge >= 0.3 is 0 Å². The van der Waals surface area contributed by atoms with Gasteiger partial charge in [-0.3, -0.25) is 4.79 Å². The summed E-state index contributed by atoms with van der Waals surface area (Å²) in [4.78, 5) is 12.8. The molecule has 31 heavy (non-hydrogen) atoms. The summed E-state index contributed by atoms with van der Waals surface area (Å²) >= 11 is 1.81. The third-order valence-electron chi connectivity index (χ3n) is 5.21. The molecule has 0 saturated carbocycles. The first-order valence-corrected chi connectivity index (χ1v) is 11.1. The summed E-state index contributed by atoms with van der Waals surface area (Å²) in [6.45, 7) is 4.13. The van der Waals surface area contributed by atoms with Gasteiger partial charge in [-0.1, -0.05) is 23.8 Å². The van der Waals surface area contributed by atoms with Crippen molar-refractivity contribution in [3.05, 3.63) is 70.4 Å². The molecular formula is C24H25N3O3S. The summed E-state index contributed by atoms with van der Waals surface area (Å²) in [5.74, 6) is 3.50. The molecule has 1 aliphatic heterocycles. The molecule has 3 aromatic rings. The van der Waals surface area contributed by atoms with Gasteiger partial charge < -0.3 is 14.8 Å². The van der Waals surface area contributed by atoms with Gasteiger partial charge in [-0.15, -0.1) is 0 Å².